The van der Waals surface area contributed by atoms with Crippen LogP contribution in [0, 0.1) is 6.42 Å². The minimum atomic E-state index is -0.0360. The van der Waals surface area contributed by atoms with Crippen LogP contribution in [0.5, 0.6) is 0 Å². The molecule has 5 heterocycles. The van der Waals surface area contributed by atoms with E-state index >= 15 is 0 Å². The van der Waals surface area contributed by atoms with Gasteiger partial charge in [0.2, 0.25) is 0 Å². The molecule has 6 nitrogen and oxygen atoms in total. The Kier molecular flexibility index (Phi) is 3.61. The summed E-state index contributed by atoms with van der Waals surface area (Å²) in [5, 5.41) is 0.812. The molecular weight excluding hydrogens is 336 g/mol. The molecule has 1 aliphatic rings. The molecule has 0 spiro atoms. The zero-order chi connectivity index (χ0) is 16.6. The van der Waals surface area contributed by atoms with Crippen molar-refractivity contribution in [1.29, 1.82) is 0 Å². The van der Waals surface area contributed by atoms with E-state index in [-0.39, 0.29) is 6.10 Å². The van der Waals surface area contributed by atoms with E-state index < -0.39 is 0 Å². The van der Waals surface area contributed by atoms with Gasteiger partial charge in [-0.1, -0.05) is 0 Å². The molecule has 1 fully saturated rings. The van der Waals surface area contributed by atoms with Crippen LogP contribution in [0.3, 0.4) is 0 Å². The van der Waals surface area contributed by atoms with E-state index in [1.807, 2.05) is 18.2 Å². The van der Waals surface area contributed by atoms with Gasteiger partial charge in [0.15, 0.2) is 16.6 Å². The average molecular weight is 350 g/mol. The molecule has 1 N–H and O–H groups in total. The van der Waals surface area contributed by atoms with Crippen molar-refractivity contribution in [3.63, 3.8) is 0 Å². The Hall–Kier alpha value is -2.51. The zero-order valence-electron chi connectivity index (χ0n) is 13.2. The first-order valence-electron chi connectivity index (χ1n) is 8.05. The number of aromatic amines is 1. The number of imidazole rings is 1. The van der Waals surface area contributed by atoms with Gasteiger partial charge in [0.25, 0.3) is 0 Å². The van der Waals surface area contributed by atoms with Gasteiger partial charge < -0.3 is 14.1 Å². The molecule has 4 aromatic heterocycles. The van der Waals surface area contributed by atoms with Gasteiger partial charge in [0.05, 0.1) is 29.0 Å². The first-order chi connectivity index (χ1) is 12.4. The van der Waals surface area contributed by atoms with Gasteiger partial charge in [-0.2, -0.15) is 0 Å². The fraction of sp³-hybridized carbons (Fsp3) is 0.222. The monoisotopic (exact) mass is 350 g/mol. The summed E-state index contributed by atoms with van der Waals surface area (Å²) in [5.74, 6) is 1.47. The standard InChI is InChI=1S/C18H14N4O2S/c1-2-8-24-14(4-1)16-15(13-5-3-9-23-13)22-18(25-16)17-20-11-6-7-19-10-12(11)21-17/h3,5-7,9-10,14H,2,4,8H2,(H,20,21). The maximum Gasteiger partial charge on any atom is 0.167 e. The molecule has 124 valence electrons. The normalized spacial score (nSPS) is 18.0. The topological polar surface area (TPSA) is 76.8 Å². The minimum absolute atomic E-state index is 0.0360. The number of hydrogen-bond donors (Lipinski definition) is 1. The van der Waals surface area contributed by atoms with Gasteiger partial charge in [0.1, 0.15) is 11.2 Å². The molecule has 1 unspecified atom stereocenters. The number of furan rings is 1. The highest BCUT2D eigenvalue weighted by Gasteiger charge is 2.26. The van der Waals surface area contributed by atoms with Crippen molar-refractivity contribution in [3.05, 3.63) is 48.2 Å². The van der Waals surface area contributed by atoms with E-state index in [0.29, 0.717) is 6.61 Å². The minimum Gasteiger partial charge on any atom is -0.463 e. The van der Waals surface area contributed by atoms with Crippen molar-refractivity contribution in [2.24, 2.45) is 0 Å². The van der Waals surface area contributed by atoms with E-state index in [4.69, 9.17) is 14.1 Å². The quantitative estimate of drug-likeness (QED) is 0.597. The average Bonchev–Trinajstić information content (AvgIpc) is 3.39. The van der Waals surface area contributed by atoms with Crippen LogP contribution in [0.1, 0.15) is 23.8 Å². The van der Waals surface area contributed by atoms with Crippen LogP contribution >= 0.6 is 11.3 Å². The smallest absolute Gasteiger partial charge is 0.167 e. The Morgan fingerprint density at radius 2 is 2.28 bits per heavy atom. The summed E-state index contributed by atoms with van der Waals surface area (Å²) in [5.41, 5.74) is 2.58. The Balaban J connectivity index is 1.62. The molecule has 25 heavy (non-hydrogen) atoms. The van der Waals surface area contributed by atoms with E-state index in [0.717, 1.165) is 51.0 Å². The highest BCUT2D eigenvalue weighted by Crippen LogP contribution is 2.41. The van der Waals surface area contributed by atoms with E-state index in [9.17, 15) is 0 Å². The molecule has 0 saturated carbocycles. The molecule has 0 amide bonds. The number of pyridine rings is 1. The van der Waals surface area contributed by atoms with Gasteiger partial charge in [0, 0.05) is 12.8 Å². The molecule has 5 rings (SSSR count). The number of nitrogens with one attached hydrogen (secondary N) is 1. The molecular formula is C18H14N4O2S. The molecule has 7 heteroatoms. The lowest BCUT2D eigenvalue weighted by molar-refractivity contribution is 0.0356. The van der Waals surface area contributed by atoms with Crippen LogP contribution in [-0.4, -0.2) is 26.5 Å². The van der Waals surface area contributed by atoms with Crippen LogP contribution in [-0.2, 0) is 4.74 Å². The van der Waals surface area contributed by atoms with Crippen LogP contribution < -0.4 is 0 Å². The summed E-state index contributed by atoms with van der Waals surface area (Å²) in [6.45, 7) is 0.686. The van der Waals surface area contributed by atoms with Crippen molar-refractivity contribution in [1.82, 2.24) is 19.9 Å². The molecule has 1 aliphatic heterocycles. The molecule has 1 saturated heterocycles. The molecule has 2 radical (unpaired) electrons. The maximum atomic E-state index is 5.94. The number of nitrogens with zero attached hydrogens (tertiary/aromatic N) is 3. The summed E-state index contributed by atoms with van der Waals surface area (Å²) >= 11 is 1.58. The fourth-order valence-electron chi connectivity index (χ4n) is 2.93. The number of thiazole rings is 1. The zero-order valence-corrected chi connectivity index (χ0v) is 14.0. The lowest BCUT2D eigenvalue weighted by atomic mass is 10.1. The second-order valence-corrected chi connectivity index (χ2v) is 6.78. The molecule has 0 aliphatic carbocycles. The van der Waals surface area contributed by atoms with Gasteiger partial charge in [-0.25, -0.2) is 9.97 Å². The van der Waals surface area contributed by atoms with Crippen molar-refractivity contribution in [2.75, 3.05) is 6.61 Å². The third kappa shape index (κ3) is 2.65. The third-order valence-electron chi connectivity index (χ3n) is 4.12. The number of aromatic nitrogens is 4. The summed E-state index contributed by atoms with van der Waals surface area (Å²) in [6.07, 6.45) is 10.1. The fourth-order valence-corrected chi connectivity index (χ4v) is 4.00. The Morgan fingerprint density at radius 1 is 1.28 bits per heavy atom. The second kappa shape index (κ2) is 6.09. The Bertz CT molecular complexity index is 966. The number of ether oxygens (including phenoxy) is 1. The molecule has 0 aromatic carbocycles. The SMILES string of the molecule is [C]1CCOC(c2sc(-c3nc4cnccc4[nH]3)nc2-c2ccco2)C1. The van der Waals surface area contributed by atoms with Gasteiger partial charge >= 0.3 is 0 Å². The summed E-state index contributed by atoms with van der Waals surface area (Å²) < 4.78 is 11.5. The summed E-state index contributed by atoms with van der Waals surface area (Å²) in [7, 11) is 0. The number of rotatable bonds is 3. The first-order valence-corrected chi connectivity index (χ1v) is 8.87. The Morgan fingerprint density at radius 3 is 3.08 bits per heavy atom. The summed E-state index contributed by atoms with van der Waals surface area (Å²) in [4.78, 5) is 17.9. The Labute approximate surface area is 147 Å². The predicted octanol–water partition coefficient (Wildman–Crippen LogP) is 4.27. The molecule has 4 aromatic rings. The van der Waals surface area contributed by atoms with Gasteiger partial charge in [-0.3, -0.25) is 4.98 Å². The van der Waals surface area contributed by atoms with Crippen LogP contribution in [0.2, 0.25) is 0 Å². The third-order valence-corrected chi connectivity index (χ3v) is 5.27. The van der Waals surface area contributed by atoms with Crippen molar-refractivity contribution >= 4 is 22.4 Å². The van der Waals surface area contributed by atoms with E-state index in [1.54, 1.807) is 30.0 Å². The van der Waals surface area contributed by atoms with Gasteiger partial charge in [-0.05, 0) is 37.5 Å². The van der Waals surface area contributed by atoms with Crippen molar-refractivity contribution in [2.45, 2.75) is 18.9 Å². The van der Waals surface area contributed by atoms with Crippen LogP contribution in [0.25, 0.3) is 33.3 Å². The van der Waals surface area contributed by atoms with Crippen LogP contribution in [0.4, 0.5) is 0 Å². The highest BCUT2D eigenvalue weighted by atomic mass is 32.1. The highest BCUT2D eigenvalue weighted by molar-refractivity contribution is 7.15. The van der Waals surface area contributed by atoms with Crippen LogP contribution in [0.15, 0.2) is 41.3 Å². The summed E-state index contributed by atoms with van der Waals surface area (Å²) in [6, 6.07) is 5.69. The van der Waals surface area contributed by atoms with Crippen molar-refractivity contribution in [3.8, 4) is 22.3 Å². The van der Waals surface area contributed by atoms with E-state index in [2.05, 4.69) is 21.4 Å². The number of hydrogen-bond acceptors (Lipinski definition) is 6. The van der Waals surface area contributed by atoms with Gasteiger partial charge in [-0.15, -0.1) is 11.3 Å². The van der Waals surface area contributed by atoms with Crippen molar-refractivity contribution < 1.29 is 9.15 Å². The first kappa shape index (κ1) is 14.8. The van der Waals surface area contributed by atoms with E-state index in [1.165, 1.54) is 0 Å². The lowest BCUT2D eigenvalue weighted by Gasteiger charge is -2.21. The molecule has 1 atom stereocenters. The second-order valence-electron chi connectivity index (χ2n) is 5.75. The number of fused-ring (bicyclic) bond motifs is 1. The number of H-pyrrole nitrogens is 1. The lowest BCUT2D eigenvalue weighted by Crippen LogP contribution is -2.11. The maximum absolute atomic E-state index is 5.94. The molecule has 0 bridgehead atoms. The predicted molar refractivity (Wildman–Crippen MR) is 93.9 cm³/mol. The largest absolute Gasteiger partial charge is 0.463 e.